The van der Waals surface area contributed by atoms with E-state index >= 15 is 0 Å². The van der Waals surface area contributed by atoms with E-state index in [1.807, 2.05) is 4.90 Å². The minimum absolute atomic E-state index is 0.200. The Morgan fingerprint density at radius 3 is 2.25 bits per heavy atom. The highest BCUT2D eigenvalue weighted by atomic mass is 19.2. The zero-order valence-electron chi connectivity index (χ0n) is 13.9. The normalized spacial score (nSPS) is 29.8. The highest BCUT2D eigenvalue weighted by Gasteiger charge is 2.44. The highest BCUT2D eigenvalue weighted by molar-refractivity contribution is 5.76. The zero-order chi connectivity index (χ0) is 16.7. The van der Waals surface area contributed by atoms with Gasteiger partial charge in [-0.25, -0.2) is 13.6 Å². The Labute approximate surface area is 141 Å². The van der Waals surface area contributed by atoms with Crippen LogP contribution in [-0.2, 0) is 0 Å². The van der Waals surface area contributed by atoms with Gasteiger partial charge in [-0.15, -0.1) is 0 Å². The molecule has 3 nitrogen and oxygen atoms in total. The number of rotatable bonds is 1. The molecule has 3 aliphatic heterocycles. The molecule has 3 aliphatic rings. The molecule has 5 heteroatoms. The Morgan fingerprint density at radius 2 is 1.62 bits per heavy atom. The van der Waals surface area contributed by atoms with E-state index < -0.39 is 11.6 Å². The summed E-state index contributed by atoms with van der Waals surface area (Å²) in [5, 5.41) is 0. The third-order valence-electron chi connectivity index (χ3n) is 6.00. The number of nitrogens with zero attached hydrogens (tertiary/aromatic N) is 2. The van der Waals surface area contributed by atoms with E-state index in [9.17, 15) is 13.6 Å². The molecular formula is C19H24F2N2O. The number of hydrogen-bond donors (Lipinski definition) is 0. The summed E-state index contributed by atoms with van der Waals surface area (Å²) in [5.74, 6) is -1.34. The summed E-state index contributed by atoms with van der Waals surface area (Å²) in [5.41, 5.74) is 0.871. The third-order valence-corrected chi connectivity index (χ3v) is 6.00. The van der Waals surface area contributed by atoms with Gasteiger partial charge in [0.2, 0.25) is 0 Å². The minimum Gasteiger partial charge on any atom is -0.325 e. The Balaban J connectivity index is 1.49. The predicted octanol–water partition coefficient (Wildman–Crippen LogP) is 4.28. The maximum atomic E-state index is 13.5. The van der Waals surface area contributed by atoms with Crippen molar-refractivity contribution in [2.45, 2.75) is 62.9 Å². The van der Waals surface area contributed by atoms with Crippen molar-refractivity contribution in [3.63, 3.8) is 0 Å². The fraction of sp³-hybridized carbons (Fsp3) is 0.632. The van der Waals surface area contributed by atoms with E-state index in [-0.39, 0.29) is 24.0 Å². The fourth-order valence-electron chi connectivity index (χ4n) is 4.78. The number of piperidine rings is 2. The second-order valence-corrected chi connectivity index (χ2v) is 7.46. The van der Waals surface area contributed by atoms with E-state index in [0.29, 0.717) is 0 Å². The molecule has 0 saturated carbocycles. The van der Waals surface area contributed by atoms with Crippen molar-refractivity contribution in [3.8, 4) is 0 Å². The number of carbonyl (C=O) groups excluding carboxylic acids is 1. The van der Waals surface area contributed by atoms with Crippen LogP contribution in [-0.4, -0.2) is 41.0 Å². The van der Waals surface area contributed by atoms with Crippen molar-refractivity contribution in [1.29, 1.82) is 0 Å². The maximum absolute atomic E-state index is 13.5. The van der Waals surface area contributed by atoms with Crippen molar-refractivity contribution in [2.24, 2.45) is 0 Å². The van der Waals surface area contributed by atoms with Crippen molar-refractivity contribution < 1.29 is 13.6 Å². The first-order valence-corrected chi connectivity index (χ1v) is 9.15. The monoisotopic (exact) mass is 334 g/mol. The summed E-state index contributed by atoms with van der Waals surface area (Å²) in [4.78, 5) is 17.0. The minimum atomic E-state index is -0.792. The molecule has 2 unspecified atom stereocenters. The molecule has 3 fully saturated rings. The van der Waals surface area contributed by atoms with Crippen LogP contribution in [0.15, 0.2) is 18.2 Å². The van der Waals surface area contributed by atoms with Gasteiger partial charge in [-0.1, -0.05) is 6.07 Å². The molecule has 3 saturated heterocycles. The lowest BCUT2D eigenvalue weighted by Gasteiger charge is -2.42. The maximum Gasteiger partial charge on any atom is 0.320 e. The second-order valence-electron chi connectivity index (χ2n) is 7.46. The van der Waals surface area contributed by atoms with Crippen molar-refractivity contribution in [3.05, 3.63) is 35.4 Å². The highest BCUT2D eigenvalue weighted by Crippen LogP contribution is 2.43. The Bertz CT molecular complexity index is 616. The fourth-order valence-corrected chi connectivity index (χ4v) is 4.78. The molecule has 0 N–H and O–H groups in total. The lowest BCUT2D eigenvalue weighted by molar-refractivity contribution is 0.0990. The van der Waals surface area contributed by atoms with Gasteiger partial charge in [0, 0.05) is 25.2 Å². The third kappa shape index (κ3) is 2.78. The molecular weight excluding hydrogens is 310 g/mol. The molecule has 2 atom stereocenters. The molecule has 2 amide bonds. The standard InChI is InChI=1S/C19H24F2N2O/c20-17-7-4-13(12-18(17)21)14-10-15-5-6-16(11-14)23(15)19(24)22-8-2-1-3-9-22/h4,7,12,14-16H,1-3,5-6,8-11H2. The van der Waals surface area contributed by atoms with Gasteiger partial charge in [0.1, 0.15) is 0 Å². The van der Waals surface area contributed by atoms with Crippen LogP contribution in [0.3, 0.4) is 0 Å². The average molecular weight is 334 g/mol. The summed E-state index contributed by atoms with van der Waals surface area (Å²) in [6, 6.07) is 4.95. The van der Waals surface area contributed by atoms with Gasteiger partial charge in [0.25, 0.3) is 0 Å². The van der Waals surface area contributed by atoms with Gasteiger partial charge in [-0.3, -0.25) is 0 Å². The van der Waals surface area contributed by atoms with Crippen molar-refractivity contribution in [2.75, 3.05) is 13.1 Å². The van der Waals surface area contributed by atoms with Gasteiger partial charge in [0.15, 0.2) is 11.6 Å². The number of benzene rings is 1. The van der Waals surface area contributed by atoms with Crippen LogP contribution in [0.4, 0.5) is 13.6 Å². The molecule has 24 heavy (non-hydrogen) atoms. The van der Waals surface area contributed by atoms with Gasteiger partial charge < -0.3 is 9.80 Å². The first-order valence-electron chi connectivity index (χ1n) is 9.15. The Hall–Kier alpha value is -1.65. The number of amides is 2. The Kier molecular flexibility index (Phi) is 4.19. The summed E-state index contributed by atoms with van der Waals surface area (Å²) in [7, 11) is 0. The van der Waals surface area contributed by atoms with Gasteiger partial charge in [0.05, 0.1) is 0 Å². The molecule has 0 radical (unpaired) electrons. The lowest BCUT2D eigenvalue weighted by atomic mass is 9.85. The van der Waals surface area contributed by atoms with Crippen LogP contribution < -0.4 is 0 Å². The molecule has 3 heterocycles. The SMILES string of the molecule is O=C(N1CCCCC1)N1C2CCC1CC(c1ccc(F)c(F)c1)C2. The van der Waals surface area contributed by atoms with E-state index in [1.54, 1.807) is 6.07 Å². The smallest absolute Gasteiger partial charge is 0.320 e. The zero-order valence-corrected chi connectivity index (χ0v) is 13.9. The van der Waals surface area contributed by atoms with Crippen molar-refractivity contribution >= 4 is 6.03 Å². The molecule has 130 valence electrons. The summed E-state index contributed by atoms with van der Waals surface area (Å²) < 4.78 is 26.7. The first kappa shape index (κ1) is 15.9. The van der Waals surface area contributed by atoms with Crippen LogP contribution in [0.25, 0.3) is 0 Å². The molecule has 1 aromatic carbocycles. The molecule has 0 spiro atoms. The van der Waals surface area contributed by atoms with Gasteiger partial charge in [-0.05, 0) is 68.6 Å². The van der Waals surface area contributed by atoms with Crippen LogP contribution in [0, 0.1) is 11.6 Å². The number of urea groups is 1. The van der Waals surface area contributed by atoms with Crippen molar-refractivity contribution in [1.82, 2.24) is 9.80 Å². The Morgan fingerprint density at radius 1 is 0.958 bits per heavy atom. The predicted molar refractivity (Wildman–Crippen MR) is 87.8 cm³/mol. The number of halogens is 2. The molecule has 1 aromatic rings. The average Bonchev–Trinajstić information content (AvgIpc) is 2.87. The van der Waals surface area contributed by atoms with E-state index in [4.69, 9.17) is 0 Å². The quantitative estimate of drug-likeness (QED) is 0.752. The number of hydrogen-bond acceptors (Lipinski definition) is 1. The lowest BCUT2D eigenvalue weighted by Crippen LogP contribution is -2.53. The summed E-state index contributed by atoms with van der Waals surface area (Å²) in [6.45, 7) is 1.75. The largest absolute Gasteiger partial charge is 0.325 e. The number of carbonyl (C=O) groups is 1. The van der Waals surface area contributed by atoms with Gasteiger partial charge in [-0.2, -0.15) is 0 Å². The molecule has 4 rings (SSSR count). The van der Waals surface area contributed by atoms with Gasteiger partial charge >= 0.3 is 6.03 Å². The van der Waals surface area contributed by atoms with Crippen LogP contribution in [0.5, 0.6) is 0 Å². The molecule has 2 bridgehead atoms. The summed E-state index contributed by atoms with van der Waals surface area (Å²) in [6.07, 6.45) is 7.21. The first-order chi connectivity index (χ1) is 11.6. The second kappa shape index (κ2) is 6.34. The number of fused-ring (bicyclic) bond motifs is 2. The molecule has 0 aliphatic carbocycles. The van der Waals surface area contributed by atoms with E-state index in [1.165, 1.54) is 18.6 Å². The molecule has 0 aromatic heterocycles. The van der Waals surface area contributed by atoms with Crippen LogP contribution in [0.2, 0.25) is 0 Å². The van der Waals surface area contributed by atoms with E-state index in [2.05, 4.69) is 4.90 Å². The number of likely N-dealkylation sites (tertiary alicyclic amines) is 1. The van der Waals surface area contributed by atoms with Crippen LogP contribution in [0.1, 0.15) is 56.4 Å². The van der Waals surface area contributed by atoms with E-state index in [0.717, 1.165) is 57.2 Å². The topological polar surface area (TPSA) is 23.6 Å². The van der Waals surface area contributed by atoms with Crippen LogP contribution >= 0.6 is 0 Å². The summed E-state index contributed by atoms with van der Waals surface area (Å²) >= 11 is 0.